The number of rotatable bonds is 4. The fraction of sp³-hybridized carbons (Fsp3) is 0.200. The number of furan rings is 1. The minimum atomic E-state index is -0.716. The highest BCUT2D eigenvalue weighted by Crippen LogP contribution is 2.48. The van der Waals surface area contributed by atoms with E-state index in [1.165, 1.54) is 12.1 Å². The van der Waals surface area contributed by atoms with E-state index in [2.05, 4.69) is 5.32 Å². The molecule has 0 spiro atoms. The molecule has 2 atom stereocenters. The maximum atomic E-state index is 13.8. The molecule has 1 aliphatic rings. The van der Waals surface area contributed by atoms with Gasteiger partial charge in [-0.05, 0) is 36.8 Å². The normalized spacial score (nSPS) is 20.0. The maximum Gasteiger partial charge on any atom is 0.248 e. The summed E-state index contributed by atoms with van der Waals surface area (Å²) in [6.45, 7) is 0. The zero-order chi connectivity index (χ0) is 15.0. The number of nitrogens with two attached hydrogens (primary N) is 1. The van der Waals surface area contributed by atoms with Gasteiger partial charge in [-0.3, -0.25) is 9.59 Å². The Morgan fingerprint density at radius 3 is 2.76 bits per heavy atom. The van der Waals surface area contributed by atoms with Gasteiger partial charge in [0.05, 0.1) is 12.0 Å². The Morgan fingerprint density at radius 1 is 1.33 bits per heavy atom. The van der Waals surface area contributed by atoms with Crippen LogP contribution in [-0.2, 0) is 4.79 Å². The number of hydrogen-bond acceptors (Lipinski definition) is 3. The Hall–Kier alpha value is -2.63. The van der Waals surface area contributed by atoms with Crippen LogP contribution in [0.2, 0.25) is 0 Å². The van der Waals surface area contributed by atoms with Gasteiger partial charge in [0.25, 0.3) is 0 Å². The molecule has 2 aromatic rings. The van der Waals surface area contributed by atoms with Crippen LogP contribution in [0.3, 0.4) is 0 Å². The summed E-state index contributed by atoms with van der Waals surface area (Å²) in [6, 6.07) is 7.30. The van der Waals surface area contributed by atoms with Crippen molar-refractivity contribution in [2.45, 2.75) is 12.3 Å². The van der Waals surface area contributed by atoms with Crippen molar-refractivity contribution in [3.63, 3.8) is 0 Å². The second kappa shape index (κ2) is 5.05. The first-order chi connectivity index (χ1) is 10.1. The number of benzene rings is 1. The van der Waals surface area contributed by atoms with Crippen molar-refractivity contribution in [2.75, 3.05) is 5.32 Å². The van der Waals surface area contributed by atoms with Gasteiger partial charge in [0.1, 0.15) is 11.6 Å². The number of carbonyl (C=O) groups is 2. The van der Waals surface area contributed by atoms with Crippen molar-refractivity contribution in [1.82, 2.24) is 0 Å². The van der Waals surface area contributed by atoms with Gasteiger partial charge in [-0.15, -0.1) is 0 Å². The number of nitrogens with one attached hydrogen (secondary N) is 1. The second-order valence-electron chi connectivity index (χ2n) is 5.01. The van der Waals surface area contributed by atoms with Gasteiger partial charge in [-0.2, -0.15) is 0 Å². The summed E-state index contributed by atoms with van der Waals surface area (Å²) in [5.74, 6) is -1.07. The summed E-state index contributed by atoms with van der Waals surface area (Å²) < 4.78 is 19.0. The van der Waals surface area contributed by atoms with E-state index < -0.39 is 11.7 Å². The molecule has 0 saturated heterocycles. The lowest BCUT2D eigenvalue weighted by Crippen LogP contribution is -2.16. The molecule has 108 valence electrons. The lowest BCUT2D eigenvalue weighted by molar-refractivity contribution is -0.117. The number of carbonyl (C=O) groups excluding carboxylic acids is 2. The minimum absolute atomic E-state index is 0.0371. The van der Waals surface area contributed by atoms with Gasteiger partial charge in [0.2, 0.25) is 11.8 Å². The number of anilines is 1. The average molecular weight is 288 g/mol. The molecule has 1 saturated carbocycles. The molecule has 0 aliphatic heterocycles. The van der Waals surface area contributed by atoms with Crippen molar-refractivity contribution in [1.29, 1.82) is 0 Å². The smallest absolute Gasteiger partial charge is 0.248 e. The quantitative estimate of drug-likeness (QED) is 0.904. The van der Waals surface area contributed by atoms with Crippen LogP contribution in [0.4, 0.5) is 10.1 Å². The number of hydrogen-bond donors (Lipinski definition) is 2. The molecule has 6 heteroatoms. The molecular weight excluding hydrogens is 275 g/mol. The van der Waals surface area contributed by atoms with Gasteiger partial charge < -0.3 is 15.5 Å². The molecule has 21 heavy (non-hydrogen) atoms. The van der Waals surface area contributed by atoms with Crippen molar-refractivity contribution in [3.8, 4) is 0 Å². The van der Waals surface area contributed by atoms with E-state index >= 15 is 0 Å². The van der Waals surface area contributed by atoms with E-state index in [4.69, 9.17) is 10.2 Å². The maximum absolute atomic E-state index is 13.8. The highest BCUT2D eigenvalue weighted by atomic mass is 19.1. The molecule has 1 fully saturated rings. The second-order valence-corrected chi connectivity index (χ2v) is 5.01. The summed E-state index contributed by atoms with van der Waals surface area (Å²) in [4.78, 5) is 23.0. The van der Waals surface area contributed by atoms with Crippen LogP contribution in [0.5, 0.6) is 0 Å². The summed E-state index contributed by atoms with van der Waals surface area (Å²) >= 11 is 0. The summed E-state index contributed by atoms with van der Waals surface area (Å²) in [6.07, 6.45) is 2.24. The molecule has 0 bridgehead atoms. The van der Waals surface area contributed by atoms with Crippen LogP contribution in [0.25, 0.3) is 0 Å². The first kappa shape index (κ1) is 13.4. The Labute approximate surface area is 119 Å². The predicted molar refractivity (Wildman–Crippen MR) is 73.1 cm³/mol. The van der Waals surface area contributed by atoms with Crippen molar-refractivity contribution < 1.29 is 18.4 Å². The number of halogens is 1. The van der Waals surface area contributed by atoms with Crippen LogP contribution < -0.4 is 11.1 Å². The van der Waals surface area contributed by atoms with Gasteiger partial charge in [0, 0.05) is 17.4 Å². The monoisotopic (exact) mass is 288 g/mol. The Morgan fingerprint density at radius 2 is 2.14 bits per heavy atom. The molecule has 1 aromatic heterocycles. The van der Waals surface area contributed by atoms with E-state index in [9.17, 15) is 14.0 Å². The molecule has 1 aliphatic carbocycles. The van der Waals surface area contributed by atoms with Crippen LogP contribution in [0.1, 0.15) is 28.5 Å². The van der Waals surface area contributed by atoms with Crippen LogP contribution >= 0.6 is 0 Å². The lowest BCUT2D eigenvalue weighted by Gasteiger charge is -2.07. The third kappa shape index (κ3) is 2.65. The molecule has 3 rings (SSSR count). The molecular formula is C15H13FN2O3. The zero-order valence-electron chi connectivity index (χ0n) is 11.0. The average Bonchev–Trinajstić information content (AvgIpc) is 3.07. The topological polar surface area (TPSA) is 85.3 Å². The largest absolute Gasteiger partial charge is 0.469 e. The van der Waals surface area contributed by atoms with Crippen LogP contribution in [0, 0.1) is 11.7 Å². The molecule has 0 radical (unpaired) electrons. The highest BCUT2D eigenvalue weighted by molar-refractivity contribution is 5.97. The van der Waals surface area contributed by atoms with Crippen molar-refractivity contribution in [2.24, 2.45) is 11.7 Å². The van der Waals surface area contributed by atoms with Gasteiger partial charge >= 0.3 is 0 Å². The van der Waals surface area contributed by atoms with Crippen molar-refractivity contribution in [3.05, 3.63) is 53.7 Å². The summed E-state index contributed by atoms with van der Waals surface area (Å²) in [5, 5.41) is 2.52. The van der Waals surface area contributed by atoms with Gasteiger partial charge in [-0.1, -0.05) is 0 Å². The third-order valence-electron chi connectivity index (χ3n) is 3.55. The Balaban J connectivity index is 1.67. The van der Waals surface area contributed by atoms with Gasteiger partial charge in [-0.25, -0.2) is 4.39 Å². The van der Waals surface area contributed by atoms with E-state index in [0.29, 0.717) is 6.42 Å². The predicted octanol–water partition coefficient (Wildman–Crippen LogP) is 2.26. The first-order valence-corrected chi connectivity index (χ1v) is 6.50. The molecule has 5 nitrogen and oxygen atoms in total. The van der Waals surface area contributed by atoms with Crippen LogP contribution in [0.15, 0.2) is 41.0 Å². The minimum Gasteiger partial charge on any atom is -0.469 e. The molecule has 1 aromatic carbocycles. The van der Waals surface area contributed by atoms with Crippen LogP contribution in [-0.4, -0.2) is 11.8 Å². The van der Waals surface area contributed by atoms with E-state index in [1.807, 2.05) is 6.07 Å². The van der Waals surface area contributed by atoms with E-state index in [1.54, 1.807) is 12.3 Å². The Bertz CT molecular complexity index is 697. The highest BCUT2D eigenvalue weighted by Gasteiger charge is 2.45. The van der Waals surface area contributed by atoms with E-state index in [0.717, 1.165) is 11.8 Å². The van der Waals surface area contributed by atoms with E-state index in [-0.39, 0.29) is 29.0 Å². The summed E-state index contributed by atoms with van der Waals surface area (Å²) in [5.41, 5.74) is 5.16. The molecule has 0 unspecified atom stereocenters. The third-order valence-corrected chi connectivity index (χ3v) is 3.55. The fourth-order valence-electron chi connectivity index (χ4n) is 2.30. The number of amides is 2. The SMILES string of the molecule is NC(=O)c1ccc(NC(=O)[C@H]2C[C@H]2c2ccco2)c(F)c1. The molecule has 3 N–H and O–H groups in total. The van der Waals surface area contributed by atoms with Gasteiger partial charge in [0.15, 0.2) is 0 Å². The fourth-order valence-corrected chi connectivity index (χ4v) is 2.30. The lowest BCUT2D eigenvalue weighted by atomic mass is 10.2. The molecule has 1 heterocycles. The zero-order valence-corrected chi connectivity index (χ0v) is 11.0. The molecule has 2 amide bonds. The standard InChI is InChI=1S/C15H13FN2O3/c16-11-6-8(14(17)19)3-4-12(11)18-15(20)10-7-9(10)13-2-1-5-21-13/h1-6,9-10H,7H2,(H2,17,19)(H,18,20)/t9-,10+/m1/s1. The van der Waals surface area contributed by atoms with Crippen molar-refractivity contribution >= 4 is 17.5 Å². The summed E-state index contributed by atoms with van der Waals surface area (Å²) in [7, 11) is 0. The Kier molecular flexibility index (Phi) is 3.21. The first-order valence-electron chi connectivity index (χ1n) is 6.50. The number of primary amides is 1.